The van der Waals surface area contributed by atoms with E-state index in [1.54, 1.807) is 0 Å². The molecule has 1 unspecified atom stereocenters. The summed E-state index contributed by atoms with van der Waals surface area (Å²) in [7, 11) is 4.33. The Hall–Kier alpha value is -1.13. The van der Waals surface area contributed by atoms with Crippen LogP contribution in [0.1, 0.15) is 18.9 Å². The maximum atomic E-state index is 4.25. The molecule has 0 spiro atoms. The number of hydrogen-bond donors (Lipinski definition) is 1. The van der Waals surface area contributed by atoms with E-state index in [1.807, 2.05) is 12.4 Å². The van der Waals surface area contributed by atoms with Gasteiger partial charge in [-0.15, -0.1) is 0 Å². The van der Waals surface area contributed by atoms with Crippen molar-refractivity contribution in [3.63, 3.8) is 0 Å². The van der Waals surface area contributed by atoms with Crippen LogP contribution in [0.5, 0.6) is 0 Å². The third-order valence-corrected chi connectivity index (χ3v) is 3.68. The molecule has 1 atom stereocenters. The van der Waals surface area contributed by atoms with E-state index >= 15 is 0 Å². The first-order valence-electron chi connectivity index (χ1n) is 6.77. The third-order valence-electron chi connectivity index (χ3n) is 3.68. The van der Waals surface area contributed by atoms with E-state index in [4.69, 9.17) is 0 Å². The van der Waals surface area contributed by atoms with Crippen molar-refractivity contribution < 1.29 is 0 Å². The van der Waals surface area contributed by atoms with E-state index in [0.717, 1.165) is 26.2 Å². The summed E-state index contributed by atoms with van der Waals surface area (Å²) in [5.41, 5.74) is 2.65. The minimum absolute atomic E-state index is 0.671. The molecule has 0 saturated carbocycles. The van der Waals surface area contributed by atoms with Gasteiger partial charge in [0.1, 0.15) is 0 Å². The van der Waals surface area contributed by atoms with Gasteiger partial charge in [0, 0.05) is 49.3 Å². The minimum Gasteiger partial charge on any atom is -0.370 e. The largest absolute Gasteiger partial charge is 0.370 e. The SMILES string of the molecule is CCNCc1cnccc1N1CCC(N(C)C)C1. The first-order valence-corrected chi connectivity index (χ1v) is 6.77. The summed E-state index contributed by atoms with van der Waals surface area (Å²) >= 11 is 0. The molecular weight excluding hydrogens is 224 g/mol. The van der Waals surface area contributed by atoms with Crippen LogP contribution in [0.25, 0.3) is 0 Å². The highest BCUT2D eigenvalue weighted by atomic mass is 15.2. The molecular formula is C14H24N4. The molecule has 0 aliphatic carbocycles. The van der Waals surface area contributed by atoms with Gasteiger partial charge in [-0.3, -0.25) is 4.98 Å². The van der Waals surface area contributed by atoms with Gasteiger partial charge in [-0.25, -0.2) is 0 Å². The van der Waals surface area contributed by atoms with E-state index in [9.17, 15) is 0 Å². The number of hydrogen-bond acceptors (Lipinski definition) is 4. The number of aromatic nitrogens is 1. The van der Waals surface area contributed by atoms with Crippen molar-refractivity contribution in [2.75, 3.05) is 38.6 Å². The van der Waals surface area contributed by atoms with Gasteiger partial charge in [0.2, 0.25) is 0 Å². The lowest BCUT2D eigenvalue weighted by Crippen LogP contribution is -2.32. The summed E-state index contributed by atoms with van der Waals surface area (Å²) in [4.78, 5) is 9.06. The van der Waals surface area contributed by atoms with Gasteiger partial charge in [-0.05, 0) is 33.1 Å². The van der Waals surface area contributed by atoms with Gasteiger partial charge in [-0.2, -0.15) is 0 Å². The first kappa shape index (κ1) is 13.3. The highest BCUT2D eigenvalue weighted by molar-refractivity contribution is 5.53. The molecule has 0 aromatic carbocycles. The summed E-state index contributed by atoms with van der Waals surface area (Å²) in [6, 6.07) is 2.81. The molecule has 2 heterocycles. The number of nitrogens with zero attached hydrogens (tertiary/aromatic N) is 3. The lowest BCUT2D eigenvalue weighted by atomic mass is 10.2. The third kappa shape index (κ3) is 3.00. The minimum atomic E-state index is 0.671. The molecule has 0 amide bonds. The second-order valence-electron chi connectivity index (χ2n) is 5.14. The Morgan fingerprint density at radius 3 is 3.00 bits per heavy atom. The normalized spacial score (nSPS) is 19.8. The summed E-state index contributed by atoms with van der Waals surface area (Å²) in [5.74, 6) is 0. The molecule has 100 valence electrons. The second-order valence-corrected chi connectivity index (χ2v) is 5.14. The Bertz CT molecular complexity index is 378. The molecule has 4 heteroatoms. The molecule has 1 saturated heterocycles. The molecule has 1 fully saturated rings. The van der Waals surface area contributed by atoms with Gasteiger partial charge in [0.15, 0.2) is 0 Å². The molecule has 0 bridgehead atoms. The van der Waals surface area contributed by atoms with Crippen molar-refractivity contribution in [1.29, 1.82) is 0 Å². The number of anilines is 1. The average Bonchev–Trinajstić information content (AvgIpc) is 2.86. The van der Waals surface area contributed by atoms with Crippen LogP contribution in [-0.4, -0.2) is 49.7 Å². The van der Waals surface area contributed by atoms with Gasteiger partial charge in [0.25, 0.3) is 0 Å². The Morgan fingerprint density at radius 2 is 2.33 bits per heavy atom. The van der Waals surface area contributed by atoms with Gasteiger partial charge < -0.3 is 15.1 Å². The summed E-state index contributed by atoms with van der Waals surface area (Å²) in [5, 5.41) is 3.39. The monoisotopic (exact) mass is 248 g/mol. The predicted octanol–water partition coefficient (Wildman–Crippen LogP) is 1.33. The predicted molar refractivity (Wildman–Crippen MR) is 75.9 cm³/mol. The smallest absolute Gasteiger partial charge is 0.0443 e. The second kappa shape index (κ2) is 6.16. The lowest BCUT2D eigenvalue weighted by molar-refractivity contribution is 0.315. The van der Waals surface area contributed by atoms with E-state index < -0.39 is 0 Å². The van der Waals surface area contributed by atoms with Gasteiger partial charge >= 0.3 is 0 Å². The molecule has 1 aliphatic rings. The fraction of sp³-hybridized carbons (Fsp3) is 0.643. The van der Waals surface area contributed by atoms with Crippen LogP contribution in [0.3, 0.4) is 0 Å². The zero-order valence-electron chi connectivity index (χ0n) is 11.7. The number of rotatable bonds is 5. The number of likely N-dealkylation sites (N-methyl/N-ethyl adjacent to an activating group) is 1. The van der Waals surface area contributed by atoms with E-state index in [1.165, 1.54) is 17.7 Å². The maximum absolute atomic E-state index is 4.25. The standard InChI is InChI=1S/C14H24N4/c1-4-15-9-12-10-16-7-5-14(12)18-8-6-13(11-18)17(2)3/h5,7,10,13,15H,4,6,8-9,11H2,1-3H3. The number of nitrogens with one attached hydrogen (secondary N) is 1. The van der Waals surface area contributed by atoms with Gasteiger partial charge in [-0.1, -0.05) is 6.92 Å². The van der Waals surface area contributed by atoms with Gasteiger partial charge in [0.05, 0.1) is 0 Å². The van der Waals surface area contributed by atoms with Crippen LogP contribution in [0, 0.1) is 0 Å². The van der Waals surface area contributed by atoms with Crippen LogP contribution in [-0.2, 0) is 6.54 Å². The summed E-state index contributed by atoms with van der Waals surface area (Å²) < 4.78 is 0. The molecule has 1 aromatic heterocycles. The fourth-order valence-corrected chi connectivity index (χ4v) is 2.51. The van der Waals surface area contributed by atoms with E-state index in [2.05, 4.69) is 47.2 Å². The van der Waals surface area contributed by atoms with Crippen molar-refractivity contribution >= 4 is 5.69 Å². The molecule has 1 aliphatic heterocycles. The highest BCUT2D eigenvalue weighted by Gasteiger charge is 2.25. The van der Waals surface area contributed by atoms with Crippen LogP contribution in [0.15, 0.2) is 18.5 Å². The zero-order valence-corrected chi connectivity index (χ0v) is 11.7. The van der Waals surface area contributed by atoms with Crippen LogP contribution >= 0.6 is 0 Å². The van der Waals surface area contributed by atoms with Crippen LogP contribution in [0.2, 0.25) is 0 Å². The highest BCUT2D eigenvalue weighted by Crippen LogP contribution is 2.25. The van der Waals surface area contributed by atoms with Crippen molar-refractivity contribution in [1.82, 2.24) is 15.2 Å². The fourth-order valence-electron chi connectivity index (χ4n) is 2.51. The summed E-state index contributed by atoms with van der Waals surface area (Å²) in [6.45, 7) is 6.30. The van der Waals surface area contributed by atoms with Crippen molar-refractivity contribution in [2.45, 2.75) is 25.9 Å². The first-order chi connectivity index (χ1) is 8.72. The zero-order chi connectivity index (χ0) is 13.0. The van der Waals surface area contributed by atoms with Crippen molar-refractivity contribution in [2.24, 2.45) is 0 Å². The van der Waals surface area contributed by atoms with Crippen LogP contribution in [0.4, 0.5) is 5.69 Å². The maximum Gasteiger partial charge on any atom is 0.0443 e. The average molecular weight is 248 g/mol. The molecule has 2 rings (SSSR count). The Kier molecular flexibility index (Phi) is 4.55. The molecule has 18 heavy (non-hydrogen) atoms. The molecule has 1 aromatic rings. The van der Waals surface area contributed by atoms with Crippen LogP contribution < -0.4 is 10.2 Å². The topological polar surface area (TPSA) is 31.4 Å². The van der Waals surface area contributed by atoms with E-state index in [-0.39, 0.29) is 0 Å². The molecule has 4 nitrogen and oxygen atoms in total. The Labute approximate surface area is 110 Å². The Morgan fingerprint density at radius 1 is 1.50 bits per heavy atom. The molecule has 1 N–H and O–H groups in total. The lowest BCUT2D eigenvalue weighted by Gasteiger charge is -2.23. The number of pyridine rings is 1. The van der Waals surface area contributed by atoms with Crippen molar-refractivity contribution in [3.05, 3.63) is 24.0 Å². The summed E-state index contributed by atoms with van der Waals surface area (Å²) in [6.07, 6.45) is 5.13. The quantitative estimate of drug-likeness (QED) is 0.852. The van der Waals surface area contributed by atoms with Crippen molar-refractivity contribution in [3.8, 4) is 0 Å². The Balaban J connectivity index is 2.08. The van der Waals surface area contributed by atoms with E-state index in [0.29, 0.717) is 6.04 Å². The molecule has 0 radical (unpaired) electrons.